The Labute approximate surface area is 121 Å². The summed E-state index contributed by atoms with van der Waals surface area (Å²) in [4.78, 5) is 24.5. The molecule has 1 aliphatic heterocycles. The van der Waals surface area contributed by atoms with Crippen molar-refractivity contribution in [3.05, 3.63) is 33.9 Å². The van der Waals surface area contributed by atoms with E-state index >= 15 is 0 Å². The number of amides is 1. The van der Waals surface area contributed by atoms with Crippen LogP contribution < -0.4 is 4.74 Å². The maximum absolute atomic E-state index is 12.6. The third-order valence-corrected chi connectivity index (χ3v) is 3.33. The van der Waals surface area contributed by atoms with E-state index in [2.05, 4.69) is 0 Å². The van der Waals surface area contributed by atoms with Gasteiger partial charge in [0.15, 0.2) is 5.56 Å². The summed E-state index contributed by atoms with van der Waals surface area (Å²) in [5.41, 5.74) is -0.423. The number of methoxy groups -OCH3 is 1. The van der Waals surface area contributed by atoms with Crippen LogP contribution in [-0.2, 0) is 4.74 Å². The Morgan fingerprint density at radius 1 is 1.62 bits per heavy atom. The van der Waals surface area contributed by atoms with Gasteiger partial charge in [-0.25, -0.2) is 0 Å². The van der Waals surface area contributed by atoms with E-state index in [-0.39, 0.29) is 36.8 Å². The number of benzene rings is 1. The average molecular weight is 296 g/mol. The van der Waals surface area contributed by atoms with Gasteiger partial charge in [-0.15, -0.1) is 0 Å². The first kappa shape index (κ1) is 15.2. The molecule has 21 heavy (non-hydrogen) atoms. The van der Waals surface area contributed by atoms with Crippen molar-refractivity contribution >= 4 is 11.6 Å². The lowest BCUT2D eigenvalue weighted by atomic mass is 10.1. The molecule has 1 atom stereocenters. The van der Waals surface area contributed by atoms with Crippen molar-refractivity contribution in [2.24, 2.45) is 0 Å². The van der Waals surface area contributed by atoms with Crippen molar-refractivity contribution in [3.8, 4) is 5.75 Å². The molecule has 8 heteroatoms. The van der Waals surface area contributed by atoms with Gasteiger partial charge in [-0.2, -0.15) is 0 Å². The molecule has 0 aliphatic carbocycles. The molecule has 0 bridgehead atoms. The molecule has 0 radical (unpaired) electrons. The summed E-state index contributed by atoms with van der Waals surface area (Å²) in [6.45, 7) is 0.518. The zero-order chi connectivity index (χ0) is 15.4. The second kappa shape index (κ2) is 6.51. The van der Waals surface area contributed by atoms with Gasteiger partial charge >= 0.3 is 0 Å². The molecule has 1 fully saturated rings. The number of rotatable bonds is 4. The molecule has 1 heterocycles. The van der Waals surface area contributed by atoms with Crippen molar-refractivity contribution in [2.45, 2.75) is 6.04 Å². The number of aliphatic hydroxyl groups is 1. The van der Waals surface area contributed by atoms with E-state index in [0.717, 1.165) is 0 Å². The predicted octanol–water partition coefficient (Wildman–Crippen LogP) is 0.437. The van der Waals surface area contributed by atoms with Crippen molar-refractivity contribution in [2.75, 3.05) is 33.5 Å². The number of morpholine rings is 1. The largest absolute Gasteiger partial charge is 0.496 e. The lowest BCUT2D eigenvalue weighted by Crippen LogP contribution is -2.50. The fourth-order valence-electron chi connectivity index (χ4n) is 2.27. The number of ether oxygens (including phenoxy) is 2. The van der Waals surface area contributed by atoms with Crippen LogP contribution >= 0.6 is 0 Å². The summed E-state index contributed by atoms with van der Waals surface area (Å²) in [5, 5.41) is 20.5. The van der Waals surface area contributed by atoms with Crippen molar-refractivity contribution in [1.82, 2.24) is 4.90 Å². The molecule has 0 spiro atoms. The number of nitro groups is 1. The van der Waals surface area contributed by atoms with Gasteiger partial charge in [0.1, 0.15) is 5.75 Å². The summed E-state index contributed by atoms with van der Waals surface area (Å²) in [5.74, 6) is -0.404. The molecular weight excluding hydrogens is 280 g/mol. The molecule has 0 saturated carbocycles. The van der Waals surface area contributed by atoms with Gasteiger partial charge in [0.05, 0.1) is 37.9 Å². The zero-order valence-corrected chi connectivity index (χ0v) is 11.5. The molecule has 1 aromatic carbocycles. The molecular formula is C13H16N2O6. The van der Waals surface area contributed by atoms with Gasteiger partial charge in [0, 0.05) is 12.6 Å². The minimum atomic E-state index is -0.621. The van der Waals surface area contributed by atoms with Crippen LogP contribution in [0.2, 0.25) is 0 Å². The molecule has 1 amide bonds. The Morgan fingerprint density at radius 3 is 3.00 bits per heavy atom. The van der Waals surface area contributed by atoms with Crippen molar-refractivity contribution < 1.29 is 24.3 Å². The monoisotopic (exact) mass is 296 g/mol. The van der Waals surface area contributed by atoms with Crippen LogP contribution in [0.4, 0.5) is 5.69 Å². The molecule has 2 rings (SSSR count). The molecule has 1 N–H and O–H groups in total. The van der Waals surface area contributed by atoms with Crippen LogP contribution in [0.5, 0.6) is 5.75 Å². The molecule has 1 aromatic rings. The average Bonchev–Trinajstić information content (AvgIpc) is 2.53. The van der Waals surface area contributed by atoms with Gasteiger partial charge < -0.3 is 19.5 Å². The van der Waals surface area contributed by atoms with Crippen LogP contribution in [0.3, 0.4) is 0 Å². The highest BCUT2D eigenvalue weighted by Crippen LogP contribution is 2.30. The number of hydrogen-bond donors (Lipinski definition) is 1. The first-order valence-corrected chi connectivity index (χ1v) is 6.41. The summed E-state index contributed by atoms with van der Waals surface area (Å²) in [7, 11) is 1.35. The minimum Gasteiger partial charge on any atom is -0.496 e. The highest BCUT2D eigenvalue weighted by atomic mass is 16.6. The minimum absolute atomic E-state index is 0.106. The van der Waals surface area contributed by atoms with Gasteiger partial charge in [0.25, 0.3) is 11.6 Å². The SMILES string of the molecule is COc1cccc([N+](=O)[O-])c1C(=O)N1CCOCC1CO. The number of nitrogens with zero attached hydrogens (tertiary/aromatic N) is 2. The summed E-state index contributed by atoms with van der Waals surface area (Å²) in [6.07, 6.45) is 0. The van der Waals surface area contributed by atoms with Crippen LogP contribution in [0.15, 0.2) is 18.2 Å². The molecule has 114 valence electrons. The van der Waals surface area contributed by atoms with Crippen LogP contribution in [-0.4, -0.2) is 60.4 Å². The Balaban J connectivity index is 2.44. The molecule has 1 unspecified atom stereocenters. The number of hydrogen-bond acceptors (Lipinski definition) is 6. The maximum atomic E-state index is 12.6. The smallest absolute Gasteiger partial charge is 0.285 e. The van der Waals surface area contributed by atoms with Crippen molar-refractivity contribution in [1.29, 1.82) is 0 Å². The third-order valence-electron chi connectivity index (χ3n) is 3.33. The Morgan fingerprint density at radius 2 is 2.38 bits per heavy atom. The summed E-state index contributed by atoms with van der Waals surface area (Å²) < 4.78 is 10.3. The van der Waals surface area contributed by atoms with E-state index < -0.39 is 16.9 Å². The third kappa shape index (κ3) is 2.96. The van der Waals surface area contributed by atoms with Crippen LogP contribution in [0, 0.1) is 10.1 Å². The van der Waals surface area contributed by atoms with Crippen LogP contribution in [0.25, 0.3) is 0 Å². The lowest BCUT2D eigenvalue weighted by Gasteiger charge is -2.34. The molecule has 1 aliphatic rings. The number of nitro benzene ring substituents is 1. The molecule has 8 nitrogen and oxygen atoms in total. The van der Waals surface area contributed by atoms with Gasteiger partial charge in [-0.3, -0.25) is 14.9 Å². The quantitative estimate of drug-likeness (QED) is 0.639. The first-order valence-electron chi connectivity index (χ1n) is 6.41. The van der Waals surface area contributed by atoms with Gasteiger partial charge in [0.2, 0.25) is 0 Å². The Bertz CT molecular complexity index is 547. The van der Waals surface area contributed by atoms with E-state index in [1.807, 2.05) is 0 Å². The normalized spacial score (nSPS) is 18.4. The summed E-state index contributed by atoms with van der Waals surface area (Å²) in [6, 6.07) is 3.69. The predicted molar refractivity (Wildman–Crippen MR) is 72.4 cm³/mol. The fraction of sp³-hybridized carbons (Fsp3) is 0.462. The number of aliphatic hydroxyl groups excluding tert-OH is 1. The number of carbonyl (C=O) groups is 1. The summed E-state index contributed by atoms with van der Waals surface area (Å²) >= 11 is 0. The zero-order valence-electron chi connectivity index (χ0n) is 11.5. The molecule has 1 saturated heterocycles. The molecule has 0 aromatic heterocycles. The van der Waals surface area contributed by atoms with E-state index in [0.29, 0.717) is 6.61 Å². The van der Waals surface area contributed by atoms with E-state index in [9.17, 15) is 20.0 Å². The van der Waals surface area contributed by atoms with Gasteiger partial charge in [-0.05, 0) is 6.07 Å². The van der Waals surface area contributed by atoms with E-state index in [4.69, 9.17) is 9.47 Å². The van der Waals surface area contributed by atoms with Crippen LogP contribution in [0.1, 0.15) is 10.4 Å². The lowest BCUT2D eigenvalue weighted by molar-refractivity contribution is -0.385. The standard InChI is InChI=1S/C13H16N2O6/c1-20-11-4-2-3-10(15(18)19)12(11)13(17)14-5-6-21-8-9(14)7-16/h2-4,9,16H,5-8H2,1H3. The highest BCUT2D eigenvalue weighted by molar-refractivity contribution is 6.01. The topological polar surface area (TPSA) is 102 Å². The van der Waals surface area contributed by atoms with E-state index in [1.165, 1.54) is 30.2 Å². The second-order valence-electron chi connectivity index (χ2n) is 4.52. The Kier molecular flexibility index (Phi) is 4.71. The first-order chi connectivity index (χ1) is 10.1. The van der Waals surface area contributed by atoms with Crippen molar-refractivity contribution in [3.63, 3.8) is 0 Å². The Hall–Kier alpha value is -2.19. The fourth-order valence-corrected chi connectivity index (χ4v) is 2.27. The van der Waals surface area contributed by atoms with E-state index in [1.54, 1.807) is 0 Å². The van der Waals surface area contributed by atoms with Gasteiger partial charge in [-0.1, -0.05) is 6.07 Å². The number of carbonyl (C=O) groups excluding carboxylic acids is 1. The second-order valence-corrected chi connectivity index (χ2v) is 4.52. The highest BCUT2D eigenvalue weighted by Gasteiger charge is 2.33. The maximum Gasteiger partial charge on any atom is 0.285 e.